The minimum absolute atomic E-state index is 0.154. The summed E-state index contributed by atoms with van der Waals surface area (Å²) in [6, 6.07) is 4.25. The SMILES string of the molecule is COCCOCCCn1cc(CC(C)N)c2cccnc21. The van der Waals surface area contributed by atoms with Crippen molar-refractivity contribution in [3.63, 3.8) is 0 Å². The van der Waals surface area contributed by atoms with Crippen molar-refractivity contribution in [3.8, 4) is 0 Å². The van der Waals surface area contributed by atoms with Gasteiger partial charge < -0.3 is 19.8 Å². The lowest BCUT2D eigenvalue weighted by Crippen LogP contribution is -2.17. The zero-order chi connectivity index (χ0) is 15.1. The highest BCUT2D eigenvalue weighted by Crippen LogP contribution is 2.20. The van der Waals surface area contributed by atoms with Crippen LogP contribution in [-0.2, 0) is 22.4 Å². The number of ether oxygens (including phenoxy) is 2. The molecule has 0 saturated heterocycles. The van der Waals surface area contributed by atoms with Crippen molar-refractivity contribution in [1.82, 2.24) is 9.55 Å². The van der Waals surface area contributed by atoms with Crippen LogP contribution in [-0.4, -0.2) is 42.5 Å². The Balaban J connectivity index is 1.99. The van der Waals surface area contributed by atoms with Crippen molar-refractivity contribution in [2.45, 2.75) is 32.4 Å². The Hall–Kier alpha value is -1.43. The fourth-order valence-corrected chi connectivity index (χ4v) is 2.46. The smallest absolute Gasteiger partial charge is 0.140 e. The standard InChI is InChI=1S/C16H25N3O2/c1-13(17)11-14-12-19(7-4-8-21-10-9-20-2)16-15(14)5-3-6-18-16/h3,5-6,12-13H,4,7-11,17H2,1-2H3. The molecule has 21 heavy (non-hydrogen) atoms. The van der Waals surface area contributed by atoms with Crippen LogP contribution in [0.3, 0.4) is 0 Å². The molecule has 0 fully saturated rings. The fourth-order valence-electron chi connectivity index (χ4n) is 2.46. The number of nitrogens with zero attached hydrogens (tertiary/aromatic N) is 2. The maximum absolute atomic E-state index is 5.93. The highest BCUT2D eigenvalue weighted by molar-refractivity contribution is 5.80. The van der Waals surface area contributed by atoms with E-state index >= 15 is 0 Å². The third-order valence-electron chi connectivity index (χ3n) is 3.38. The molecule has 0 aromatic carbocycles. The number of pyridine rings is 1. The van der Waals surface area contributed by atoms with Gasteiger partial charge in [0.15, 0.2) is 0 Å². The molecule has 0 amide bonds. The lowest BCUT2D eigenvalue weighted by Gasteiger charge is -2.05. The number of aromatic nitrogens is 2. The van der Waals surface area contributed by atoms with Crippen LogP contribution in [0.2, 0.25) is 0 Å². The quantitative estimate of drug-likeness (QED) is 0.718. The molecule has 2 heterocycles. The number of hydrogen-bond acceptors (Lipinski definition) is 4. The van der Waals surface area contributed by atoms with Gasteiger partial charge in [0.25, 0.3) is 0 Å². The number of aryl methyl sites for hydroxylation is 1. The zero-order valence-corrected chi connectivity index (χ0v) is 12.9. The molecular formula is C16H25N3O2. The molecule has 1 unspecified atom stereocenters. The molecule has 1 atom stereocenters. The molecule has 0 saturated carbocycles. The van der Waals surface area contributed by atoms with Gasteiger partial charge in [-0.15, -0.1) is 0 Å². The zero-order valence-electron chi connectivity index (χ0n) is 12.9. The molecule has 0 aliphatic heterocycles. The Morgan fingerprint density at radius 3 is 2.95 bits per heavy atom. The topological polar surface area (TPSA) is 62.3 Å². The predicted molar refractivity (Wildman–Crippen MR) is 84.4 cm³/mol. The lowest BCUT2D eigenvalue weighted by atomic mass is 10.1. The summed E-state index contributed by atoms with van der Waals surface area (Å²) in [5, 5.41) is 1.20. The molecule has 2 rings (SSSR count). The molecule has 5 heteroatoms. The van der Waals surface area contributed by atoms with Crippen LogP contribution in [0.1, 0.15) is 18.9 Å². The summed E-state index contributed by atoms with van der Waals surface area (Å²) in [6.45, 7) is 4.96. The van der Waals surface area contributed by atoms with E-state index in [-0.39, 0.29) is 6.04 Å². The lowest BCUT2D eigenvalue weighted by molar-refractivity contribution is 0.0681. The Morgan fingerprint density at radius 2 is 2.19 bits per heavy atom. The highest BCUT2D eigenvalue weighted by atomic mass is 16.5. The summed E-state index contributed by atoms with van der Waals surface area (Å²) in [5.41, 5.74) is 8.24. The van der Waals surface area contributed by atoms with Crippen LogP contribution in [0.5, 0.6) is 0 Å². The summed E-state index contributed by atoms with van der Waals surface area (Å²) in [6.07, 6.45) is 5.85. The van der Waals surface area contributed by atoms with E-state index in [1.807, 2.05) is 19.2 Å². The predicted octanol–water partition coefficient (Wildman–Crippen LogP) is 1.98. The van der Waals surface area contributed by atoms with Crippen molar-refractivity contribution < 1.29 is 9.47 Å². The second kappa shape index (κ2) is 8.12. The molecule has 0 bridgehead atoms. The Morgan fingerprint density at radius 1 is 1.33 bits per heavy atom. The highest BCUT2D eigenvalue weighted by Gasteiger charge is 2.10. The van der Waals surface area contributed by atoms with Crippen molar-refractivity contribution in [2.24, 2.45) is 5.73 Å². The minimum atomic E-state index is 0.154. The first kappa shape index (κ1) is 15.9. The molecule has 2 aromatic heterocycles. The van der Waals surface area contributed by atoms with E-state index in [2.05, 4.69) is 21.8 Å². The molecule has 0 spiro atoms. The third kappa shape index (κ3) is 4.52. The minimum Gasteiger partial charge on any atom is -0.382 e. The van der Waals surface area contributed by atoms with Crippen LogP contribution < -0.4 is 5.73 Å². The number of fused-ring (bicyclic) bond motifs is 1. The Bertz CT molecular complexity index is 551. The Kier molecular flexibility index (Phi) is 6.17. The van der Waals surface area contributed by atoms with E-state index < -0.39 is 0 Å². The number of hydrogen-bond donors (Lipinski definition) is 1. The summed E-state index contributed by atoms with van der Waals surface area (Å²) in [4.78, 5) is 4.50. The number of rotatable bonds is 9. The maximum atomic E-state index is 5.93. The van der Waals surface area contributed by atoms with Crippen LogP contribution in [0.15, 0.2) is 24.5 Å². The second-order valence-corrected chi connectivity index (χ2v) is 5.36. The summed E-state index contributed by atoms with van der Waals surface area (Å²) in [5.74, 6) is 0. The van der Waals surface area contributed by atoms with Gasteiger partial charge in [0.05, 0.1) is 13.2 Å². The first-order valence-electron chi connectivity index (χ1n) is 7.47. The molecule has 116 valence electrons. The summed E-state index contributed by atoms with van der Waals surface area (Å²) >= 11 is 0. The average Bonchev–Trinajstić information content (AvgIpc) is 2.81. The second-order valence-electron chi connectivity index (χ2n) is 5.36. The maximum Gasteiger partial charge on any atom is 0.140 e. The largest absolute Gasteiger partial charge is 0.382 e. The van der Waals surface area contributed by atoms with Gasteiger partial charge in [0.1, 0.15) is 5.65 Å². The summed E-state index contributed by atoms with van der Waals surface area (Å²) in [7, 11) is 1.68. The molecule has 0 aliphatic rings. The van der Waals surface area contributed by atoms with E-state index in [1.165, 1.54) is 10.9 Å². The van der Waals surface area contributed by atoms with E-state index in [0.29, 0.717) is 13.2 Å². The van der Waals surface area contributed by atoms with Gasteiger partial charge in [0, 0.05) is 44.1 Å². The van der Waals surface area contributed by atoms with Crippen molar-refractivity contribution in [2.75, 3.05) is 26.9 Å². The van der Waals surface area contributed by atoms with E-state index in [1.54, 1.807) is 7.11 Å². The van der Waals surface area contributed by atoms with Crippen molar-refractivity contribution in [1.29, 1.82) is 0 Å². The molecule has 0 aliphatic carbocycles. The van der Waals surface area contributed by atoms with Gasteiger partial charge >= 0.3 is 0 Å². The van der Waals surface area contributed by atoms with Gasteiger partial charge in [-0.1, -0.05) is 0 Å². The van der Waals surface area contributed by atoms with Crippen LogP contribution in [0.4, 0.5) is 0 Å². The molecule has 2 aromatic rings. The monoisotopic (exact) mass is 291 g/mol. The molecule has 2 N–H and O–H groups in total. The van der Waals surface area contributed by atoms with Crippen molar-refractivity contribution in [3.05, 3.63) is 30.1 Å². The fraction of sp³-hybridized carbons (Fsp3) is 0.562. The van der Waals surface area contributed by atoms with Crippen LogP contribution >= 0.6 is 0 Å². The molecular weight excluding hydrogens is 266 g/mol. The normalized spacial score (nSPS) is 12.9. The average molecular weight is 291 g/mol. The molecule has 5 nitrogen and oxygen atoms in total. The van der Waals surface area contributed by atoms with Crippen LogP contribution in [0.25, 0.3) is 11.0 Å². The first-order valence-corrected chi connectivity index (χ1v) is 7.47. The molecule has 0 radical (unpaired) electrons. The van der Waals surface area contributed by atoms with E-state index in [0.717, 1.165) is 31.6 Å². The van der Waals surface area contributed by atoms with Gasteiger partial charge in [-0.25, -0.2) is 4.98 Å². The van der Waals surface area contributed by atoms with E-state index in [9.17, 15) is 0 Å². The summed E-state index contributed by atoms with van der Waals surface area (Å²) < 4.78 is 12.7. The number of nitrogens with two attached hydrogens (primary N) is 1. The van der Waals surface area contributed by atoms with Gasteiger partial charge in [-0.3, -0.25) is 0 Å². The number of methoxy groups -OCH3 is 1. The van der Waals surface area contributed by atoms with Gasteiger partial charge in [-0.05, 0) is 37.5 Å². The third-order valence-corrected chi connectivity index (χ3v) is 3.38. The first-order chi connectivity index (χ1) is 10.2. The van der Waals surface area contributed by atoms with Crippen molar-refractivity contribution >= 4 is 11.0 Å². The van der Waals surface area contributed by atoms with Crippen LogP contribution in [0, 0.1) is 0 Å². The van der Waals surface area contributed by atoms with Gasteiger partial charge in [0.2, 0.25) is 0 Å². The van der Waals surface area contributed by atoms with Gasteiger partial charge in [-0.2, -0.15) is 0 Å². The van der Waals surface area contributed by atoms with E-state index in [4.69, 9.17) is 15.2 Å². The Labute approximate surface area is 126 Å².